The molecule has 3 rings (SSSR count). The lowest BCUT2D eigenvalue weighted by Gasteiger charge is -2.02. The second kappa shape index (κ2) is 4.03. The summed E-state index contributed by atoms with van der Waals surface area (Å²) in [5.41, 5.74) is 7.04. The van der Waals surface area contributed by atoms with Crippen molar-refractivity contribution >= 4 is 16.8 Å². The molecule has 0 spiro atoms. The molecule has 0 aliphatic heterocycles. The van der Waals surface area contributed by atoms with E-state index >= 15 is 0 Å². The summed E-state index contributed by atoms with van der Waals surface area (Å²) in [6.07, 6.45) is 1.66. The molecule has 0 saturated heterocycles. The second-order valence-electron chi connectivity index (χ2n) is 3.97. The number of pyridine rings is 1. The van der Waals surface area contributed by atoms with Gasteiger partial charge in [-0.05, 0) is 24.3 Å². The van der Waals surface area contributed by atoms with Crippen molar-refractivity contribution in [3.05, 3.63) is 58.8 Å². The van der Waals surface area contributed by atoms with E-state index in [9.17, 15) is 4.79 Å². The average molecular weight is 241 g/mol. The number of nitrogens with zero attached hydrogens (tertiary/aromatic N) is 2. The van der Waals surface area contributed by atoms with E-state index in [1.165, 1.54) is 4.57 Å². The molecule has 5 heteroatoms. The maximum absolute atomic E-state index is 11.8. The number of para-hydroxylation sites is 2. The third-order valence-electron chi connectivity index (χ3n) is 2.69. The highest BCUT2D eigenvalue weighted by Crippen LogP contribution is 2.14. The van der Waals surface area contributed by atoms with Crippen LogP contribution in [-0.2, 0) is 6.54 Å². The predicted molar refractivity (Wildman–Crippen MR) is 68.2 cm³/mol. The summed E-state index contributed by atoms with van der Waals surface area (Å²) in [6, 6.07) is 10.8. The summed E-state index contributed by atoms with van der Waals surface area (Å²) in [5, 5.41) is 0. The first-order valence-corrected chi connectivity index (χ1v) is 5.53. The van der Waals surface area contributed by atoms with Crippen molar-refractivity contribution in [2.75, 3.05) is 5.73 Å². The number of anilines is 1. The normalized spacial score (nSPS) is 10.9. The lowest BCUT2D eigenvalue weighted by atomic mass is 10.3. The Labute approximate surface area is 102 Å². The Morgan fingerprint density at radius 2 is 2.06 bits per heavy atom. The van der Waals surface area contributed by atoms with Gasteiger partial charge in [0.2, 0.25) is 5.89 Å². The van der Waals surface area contributed by atoms with Crippen molar-refractivity contribution < 1.29 is 4.42 Å². The van der Waals surface area contributed by atoms with Crippen molar-refractivity contribution in [3.8, 4) is 0 Å². The van der Waals surface area contributed by atoms with Crippen LogP contribution in [0, 0.1) is 0 Å². The SMILES string of the molecule is Nc1cccn(Cc2nc3ccccc3o2)c1=O. The largest absolute Gasteiger partial charge is 0.439 e. The molecule has 0 amide bonds. The molecule has 2 aromatic heterocycles. The molecular weight excluding hydrogens is 230 g/mol. The molecule has 3 aromatic rings. The number of aromatic nitrogens is 2. The van der Waals surface area contributed by atoms with Crippen molar-refractivity contribution in [1.82, 2.24) is 9.55 Å². The van der Waals surface area contributed by atoms with Gasteiger partial charge in [-0.1, -0.05) is 12.1 Å². The van der Waals surface area contributed by atoms with Crippen LogP contribution in [0.15, 0.2) is 51.8 Å². The number of nitrogens with two attached hydrogens (primary N) is 1. The molecule has 0 atom stereocenters. The molecule has 2 N–H and O–H groups in total. The Morgan fingerprint density at radius 1 is 1.22 bits per heavy atom. The topological polar surface area (TPSA) is 74.1 Å². The Kier molecular flexibility index (Phi) is 2.37. The van der Waals surface area contributed by atoms with Crippen molar-refractivity contribution in [2.24, 2.45) is 0 Å². The molecule has 0 fully saturated rings. The van der Waals surface area contributed by atoms with Crippen molar-refractivity contribution in [2.45, 2.75) is 6.54 Å². The van der Waals surface area contributed by atoms with Crippen LogP contribution in [0.1, 0.15) is 5.89 Å². The van der Waals surface area contributed by atoms with Crippen LogP contribution in [-0.4, -0.2) is 9.55 Å². The van der Waals surface area contributed by atoms with Crippen LogP contribution in [0.2, 0.25) is 0 Å². The first-order valence-electron chi connectivity index (χ1n) is 5.53. The fourth-order valence-corrected chi connectivity index (χ4v) is 1.81. The van der Waals surface area contributed by atoms with Crippen LogP contribution in [0.5, 0.6) is 0 Å². The fourth-order valence-electron chi connectivity index (χ4n) is 1.81. The molecule has 0 bridgehead atoms. The van der Waals surface area contributed by atoms with Gasteiger partial charge in [0.1, 0.15) is 12.1 Å². The standard InChI is InChI=1S/C13H11N3O2/c14-9-4-3-7-16(13(9)17)8-12-15-10-5-1-2-6-11(10)18-12/h1-7H,8,14H2. The average Bonchev–Trinajstić information content (AvgIpc) is 2.77. The van der Waals surface area contributed by atoms with E-state index < -0.39 is 0 Å². The molecular formula is C13H11N3O2. The zero-order valence-corrected chi connectivity index (χ0v) is 9.54. The van der Waals surface area contributed by atoms with Crippen molar-refractivity contribution in [3.63, 3.8) is 0 Å². The maximum Gasteiger partial charge on any atom is 0.274 e. The number of oxazole rings is 1. The lowest BCUT2D eigenvalue weighted by Crippen LogP contribution is -2.22. The van der Waals surface area contributed by atoms with E-state index in [-0.39, 0.29) is 17.8 Å². The summed E-state index contributed by atoms with van der Waals surface area (Å²) in [4.78, 5) is 16.1. The Morgan fingerprint density at radius 3 is 2.89 bits per heavy atom. The van der Waals surface area contributed by atoms with Gasteiger partial charge in [0.15, 0.2) is 5.58 Å². The molecule has 0 radical (unpaired) electrons. The van der Waals surface area contributed by atoms with Gasteiger partial charge in [-0.25, -0.2) is 4.98 Å². The van der Waals surface area contributed by atoms with Gasteiger partial charge >= 0.3 is 0 Å². The summed E-state index contributed by atoms with van der Waals surface area (Å²) in [5.74, 6) is 0.490. The summed E-state index contributed by atoms with van der Waals surface area (Å²) in [7, 11) is 0. The minimum Gasteiger partial charge on any atom is -0.439 e. The van der Waals surface area contributed by atoms with E-state index in [1.807, 2.05) is 24.3 Å². The first-order chi connectivity index (χ1) is 8.74. The zero-order chi connectivity index (χ0) is 12.5. The molecule has 18 heavy (non-hydrogen) atoms. The Balaban J connectivity index is 2.01. The minimum atomic E-state index is -0.236. The monoisotopic (exact) mass is 241 g/mol. The highest BCUT2D eigenvalue weighted by Gasteiger charge is 2.07. The van der Waals surface area contributed by atoms with Crippen LogP contribution in [0.3, 0.4) is 0 Å². The number of benzene rings is 1. The molecule has 90 valence electrons. The van der Waals surface area contributed by atoms with Gasteiger partial charge in [-0.15, -0.1) is 0 Å². The minimum absolute atomic E-state index is 0.216. The highest BCUT2D eigenvalue weighted by molar-refractivity contribution is 5.72. The van der Waals surface area contributed by atoms with Gasteiger partial charge < -0.3 is 14.7 Å². The van der Waals surface area contributed by atoms with Gasteiger partial charge in [-0.2, -0.15) is 0 Å². The molecule has 1 aromatic carbocycles. The molecule has 2 heterocycles. The van der Waals surface area contributed by atoms with E-state index in [0.717, 1.165) is 5.52 Å². The van der Waals surface area contributed by atoms with Crippen LogP contribution >= 0.6 is 0 Å². The fraction of sp³-hybridized carbons (Fsp3) is 0.0769. The number of rotatable bonds is 2. The van der Waals surface area contributed by atoms with E-state index in [1.54, 1.807) is 18.3 Å². The van der Waals surface area contributed by atoms with Crippen LogP contribution in [0.4, 0.5) is 5.69 Å². The summed E-state index contributed by atoms with van der Waals surface area (Å²) in [6.45, 7) is 0.276. The van der Waals surface area contributed by atoms with Crippen molar-refractivity contribution in [1.29, 1.82) is 0 Å². The number of fused-ring (bicyclic) bond motifs is 1. The van der Waals surface area contributed by atoms with Gasteiger partial charge in [0.05, 0.1) is 5.69 Å². The van der Waals surface area contributed by atoms with Gasteiger partial charge in [-0.3, -0.25) is 4.79 Å². The zero-order valence-electron chi connectivity index (χ0n) is 9.54. The molecule has 0 saturated carbocycles. The van der Waals surface area contributed by atoms with Crippen LogP contribution in [0.25, 0.3) is 11.1 Å². The number of nitrogen functional groups attached to an aromatic ring is 1. The summed E-state index contributed by atoms with van der Waals surface area (Å²) < 4.78 is 7.03. The number of hydrogen-bond donors (Lipinski definition) is 1. The Hall–Kier alpha value is -2.56. The molecule has 0 unspecified atom stereocenters. The van der Waals surface area contributed by atoms with Crippen LogP contribution < -0.4 is 11.3 Å². The lowest BCUT2D eigenvalue weighted by molar-refractivity contribution is 0.504. The summed E-state index contributed by atoms with van der Waals surface area (Å²) >= 11 is 0. The molecule has 0 aliphatic carbocycles. The Bertz CT molecular complexity index is 725. The number of hydrogen-bond acceptors (Lipinski definition) is 4. The van der Waals surface area contributed by atoms with E-state index in [2.05, 4.69) is 4.98 Å². The highest BCUT2D eigenvalue weighted by atomic mass is 16.3. The van der Waals surface area contributed by atoms with E-state index in [4.69, 9.17) is 10.2 Å². The predicted octanol–water partition coefficient (Wildman–Crippen LogP) is 1.62. The third kappa shape index (κ3) is 1.75. The van der Waals surface area contributed by atoms with E-state index in [0.29, 0.717) is 11.5 Å². The van der Waals surface area contributed by atoms with Gasteiger partial charge in [0.25, 0.3) is 5.56 Å². The first kappa shape index (κ1) is 10.6. The van der Waals surface area contributed by atoms with Gasteiger partial charge in [0, 0.05) is 6.20 Å². The second-order valence-corrected chi connectivity index (χ2v) is 3.97. The quantitative estimate of drug-likeness (QED) is 0.739. The molecule has 5 nitrogen and oxygen atoms in total. The third-order valence-corrected chi connectivity index (χ3v) is 2.69. The smallest absolute Gasteiger partial charge is 0.274 e. The maximum atomic E-state index is 11.8. The molecule has 0 aliphatic rings.